The minimum absolute atomic E-state index is 0.154. The van der Waals surface area contributed by atoms with Gasteiger partial charge in [0.15, 0.2) is 5.60 Å². The molecule has 1 aromatic carbocycles. The van der Waals surface area contributed by atoms with Crippen molar-refractivity contribution in [1.82, 2.24) is 5.32 Å². The number of carbonyl (C=O) groups is 2. The molecule has 8 nitrogen and oxygen atoms in total. The number of nitro benzene ring substituents is 1. The van der Waals surface area contributed by atoms with Gasteiger partial charge in [0.05, 0.1) is 11.5 Å². The molecule has 108 valence electrons. The summed E-state index contributed by atoms with van der Waals surface area (Å²) >= 11 is 0. The molecule has 0 saturated carbocycles. The monoisotopic (exact) mass is 282 g/mol. The zero-order valence-electron chi connectivity index (χ0n) is 10.9. The number of hydrogen-bond acceptors (Lipinski definition) is 5. The van der Waals surface area contributed by atoms with Gasteiger partial charge in [0.1, 0.15) is 5.56 Å². The summed E-state index contributed by atoms with van der Waals surface area (Å²) in [5, 5.41) is 31.3. The molecule has 0 radical (unpaired) electrons. The number of nitrogens with zero attached hydrogens (tertiary/aromatic N) is 1. The number of hydrogen-bond donors (Lipinski definition) is 3. The molecular weight excluding hydrogens is 268 g/mol. The maximum absolute atomic E-state index is 11.9. The van der Waals surface area contributed by atoms with E-state index < -0.39 is 28.9 Å². The highest BCUT2D eigenvalue weighted by Gasteiger charge is 2.31. The highest BCUT2D eigenvalue weighted by Crippen LogP contribution is 2.21. The smallest absolute Gasteiger partial charge is 0.337 e. The van der Waals surface area contributed by atoms with Crippen LogP contribution in [0, 0.1) is 17.0 Å². The third kappa shape index (κ3) is 3.29. The number of carboxylic acids is 1. The van der Waals surface area contributed by atoms with E-state index in [2.05, 4.69) is 5.32 Å². The van der Waals surface area contributed by atoms with Crippen LogP contribution in [-0.2, 0) is 4.79 Å². The van der Waals surface area contributed by atoms with Crippen LogP contribution in [-0.4, -0.2) is 39.2 Å². The van der Waals surface area contributed by atoms with E-state index in [0.29, 0.717) is 5.56 Å². The van der Waals surface area contributed by atoms with Crippen molar-refractivity contribution in [3.05, 3.63) is 39.4 Å². The lowest BCUT2D eigenvalue weighted by Crippen LogP contribution is -2.46. The minimum atomic E-state index is -2.15. The summed E-state index contributed by atoms with van der Waals surface area (Å²) in [5.74, 6) is -2.31. The maximum atomic E-state index is 11.9. The average Bonchev–Trinajstić information content (AvgIpc) is 2.35. The lowest BCUT2D eigenvalue weighted by atomic mass is 10.0. The molecule has 1 amide bonds. The Morgan fingerprint density at radius 1 is 1.45 bits per heavy atom. The summed E-state index contributed by atoms with van der Waals surface area (Å²) in [6, 6.07) is 4.14. The SMILES string of the molecule is Cc1cccc([N+](=O)[O-])c1C(=O)NCC(C)(O)C(=O)O. The predicted molar refractivity (Wildman–Crippen MR) is 68.4 cm³/mol. The highest BCUT2D eigenvalue weighted by atomic mass is 16.6. The van der Waals surface area contributed by atoms with Gasteiger partial charge in [-0.25, -0.2) is 4.79 Å². The first-order valence-corrected chi connectivity index (χ1v) is 5.65. The van der Waals surface area contributed by atoms with Crippen molar-refractivity contribution in [2.45, 2.75) is 19.4 Å². The molecule has 0 aliphatic heterocycles. The van der Waals surface area contributed by atoms with Gasteiger partial charge in [-0.2, -0.15) is 0 Å². The molecule has 20 heavy (non-hydrogen) atoms. The Bertz CT molecular complexity index is 567. The van der Waals surface area contributed by atoms with Crippen molar-refractivity contribution in [1.29, 1.82) is 0 Å². The van der Waals surface area contributed by atoms with E-state index in [4.69, 9.17) is 5.11 Å². The van der Waals surface area contributed by atoms with Gasteiger partial charge in [-0.1, -0.05) is 12.1 Å². The number of aliphatic carboxylic acids is 1. The van der Waals surface area contributed by atoms with Crippen molar-refractivity contribution in [3.63, 3.8) is 0 Å². The number of carbonyl (C=O) groups excluding carboxylic acids is 1. The normalized spacial score (nSPS) is 13.3. The zero-order valence-corrected chi connectivity index (χ0v) is 10.9. The third-order valence-corrected chi connectivity index (χ3v) is 2.73. The van der Waals surface area contributed by atoms with Gasteiger partial charge in [-0.3, -0.25) is 14.9 Å². The van der Waals surface area contributed by atoms with Crippen molar-refractivity contribution < 1.29 is 24.7 Å². The molecule has 0 spiro atoms. The Kier molecular flexibility index (Phi) is 4.41. The number of rotatable bonds is 5. The maximum Gasteiger partial charge on any atom is 0.337 e. The van der Waals surface area contributed by atoms with Crippen LogP contribution in [0.4, 0.5) is 5.69 Å². The lowest BCUT2D eigenvalue weighted by Gasteiger charge is -2.18. The van der Waals surface area contributed by atoms with Gasteiger partial charge in [0, 0.05) is 6.07 Å². The molecule has 0 heterocycles. The molecule has 0 saturated heterocycles. The summed E-state index contributed by atoms with van der Waals surface area (Å²) in [6.07, 6.45) is 0. The van der Waals surface area contributed by atoms with Crippen molar-refractivity contribution in [2.75, 3.05) is 6.54 Å². The van der Waals surface area contributed by atoms with Gasteiger partial charge in [0.2, 0.25) is 0 Å². The number of benzene rings is 1. The number of nitro groups is 1. The lowest BCUT2D eigenvalue weighted by molar-refractivity contribution is -0.385. The van der Waals surface area contributed by atoms with E-state index >= 15 is 0 Å². The fourth-order valence-electron chi connectivity index (χ4n) is 1.52. The van der Waals surface area contributed by atoms with Crippen LogP contribution in [0.5, 0.6) is 0 Å². The second kappa shape index (κ2) is 5.66. The minimum Gasteiger partial charge on any atom is -0.479 e. The summed E-state index contributed by atoms with van der Waals surface area (Å²) in [6.45, 7) is 1.98. The number of amides is 1. The van der Waals surface area contributed by atoms with Gasteiger partial charge in [-0.05, 0) is 19.4 Å². The Labute approximate surface area is 114 Å². The van der Waals surface area contributed by atoms with Crippen molar-refractivity contribution in [3.8, 4) is 0 Å². The first kappa shape index (κ1) is 15.6. The van der Waals surface area contributed by atoms with Gasteiger partial charge < -0.3 is 15.5 Å². The quantitative estimate of drug-likeness (QED) is 0.531. The Morgan fingerprint density at radius 2 is 2.05 bits per heavy atom. The number of aliphatic hydroxyl groups is 1. The van der Waals surface area contributed by atoms with Gasteiger partial charge in [0.25, 0.3) is 11.6 Å². The van der Waals surface area contributed by atoms with Crippen LogP contribution in [0.25, 0.3) is 0 Å². The zero-order chi connectivity index (χ0) is 15.5. The standard InChI is InChI=1S/C12H14N2O6/c1-7-4-3-5-8(14(19)20)9(7)10(15)13-6-12(2,18)11(16)17/h3-5,18H,6H2,1-2H3,(H,13,15)(H,16,17). The van der Waals surface area contributed by atoms with Gasteiger partial charge in [-0.15, -0.1) is 0 Å². The van der Waals surface area contributed by atoms with Crippen LogP contribution in [0.3, 0.4) is 0 Å². The molecule has 0 aliphatic rings. The largest absolute Gasteiger partial charge is 0.479 e. The summed E-state index contributed by atoms with van der Waals surface area (Å²) in [7, 11) is 0. The molecule has 1 rings (SSSR count). The number of nitrogens with one attached hydrogen (secondary N) is 1. The van der Waals surface area contributed by atoms with E-state index in [0.717, 1.165) is 6.92 Å². The summed E-state index contributed by atoms with van der Waals surface area (Å²) < 4.78 is 0. The summed E-state index contributed by atoms with van der Waals surface area (Å²) in [4.78, 5) is 32.8. The van der Waals surface area contributed by atoms with E-state index in [1.165, 1.54) is 25.1 Å². The third-order valence-electron chi connectivity index (χ3n) is 2.73. The van der Waals surface area contributed by atoms with Gasteiger partial charge >= 0.3 is 5.97 Å². The molecule has 0 aromatic heterocycles. The Morgan fingerprint density at radius 3 is 2.55 bits per heavy atom. The second-order valence-corrected chi connectivity index (χ2v) is 4.49. The first-order chi connectivity index (χ1) is 9.16. The van der Waals surface area contributed by atoms with Crippen LogP contribution < -0.4 is 5.32 Å². The van der Waals surface area contributed by atoms with E-state index in [-0.39, 0.29) is 11.3 Å². The van der Waals surface area contributed by atoms with E-state index in [1.807, 2.05) is 0 Å². The van der Waals surface area contributed by atoms with Crippen LogP contribution >= 0.6 is 0 Å². The molecule has 0 bridgehead atoms. The van der Waals surface area contributed by atoms with Crippen molar-refractivity contribution >= 4 is 17.6 Å². The Hall–Kier alpha value is -2.48. The molecule has 0 aliphatic carbocycles. The van der Waals surface area contributed by atoms with Crippen molar-refractivity contribution in [2.24, 2.45) is 0 Å². The van der Waals surface area contributed by atoms with E-state index in [1.54, 1.807) is 0 Å². The number of carboxylic acid groups (broad SMARTS) is 1. The average molecular weight is 282 g/mol. The molecule has 1 unspecified atom stereocenters. The topological polar surface area (TPSA) is 130 Å². The molecular formula is C12H14N2O6. The predicted octanol–water partition coefficient (Wildman–Crippen LogP) is 0.469. The molecule has 3 N–H and O–H groups in total. The second-order valence-electron chi connectivity index (χ2n) is 4.49. The fraction of sp³-hybridized carbons (Fsp3) is 0.333. The van der Waals surface area contributed by atoms with E-state index in [9.17, 15) is 24.8 Å². The fourth-order valence-corrected chi connectivity index (χ4v) is 1.52. The van der Waals surface area contributed by atoms with Crippen LogP contribution in [0.2, 0.25) is 0 Å². The first-order valence-electron chi connectivity index (χ1n) is 5.65. The Balaban J connectivity index is 2.99. The van der Waals surface area contributed by atoms with Crippen LogP contribution in [0.1, 0.15) is 22.8 Å². The molecule has 8 heteroatoms. The molecule has 1 atom stereocenters. The number of aryl methyl sites for hydroxylation is 1. The summed E-state index contributed by atoms with van der Waals surface area (Å²) in [5.41, 5.74) is -2.30. The molecule has 1 aromatic rings. The van der Waals surface area contributed by atoms with Crippen LogP contribution in [0.15, 0.2) is 18.2 Å². The highest BCUT2D eigenvalue weighted by molar-refractivity contribution is 5.99. The molecule has 0 fully saturated rings.